The smallest absolute Gasteiger partial charge is 0.261 e. The van der Waals surface area contributed by atoms with Crippen molar-refractivity contribution in [1.29, 1.82) is 0 Å². The Hall–Kier alpha value is -2.70. The van der Waals surface area contributed by atoms with Crippen LogP contribution in [0.15, 0.2) is 48.5 Å². The molecule has 2 aromatic rings. The molecule has 6 nitrogen and oxygen atoms in total. The molecular formula is C23H26ClN3O3. The first kappa shape index (κ1) is 22.0. The number of carbonyl (C=O) groups excluding carboxylic acids is 3. The lowest BCUT2D eigenvalue weighted by molar-refractivity contribution is 0.0656. The number of fused-ring (bicyclic) bond motifs is 1. The molecule has 0 aromatic heterocycles. The summed E-state index contributed by atoms with van der Waals surface area (Å²) in [5, 5.41) is 3.06. The highest BCUT2D eigenvalue weighted by atomic mass is 35.5. The zero-order chi connectivity index (χ0) is 20.4. The zero-order valence-electron chi connectivity index (χ0n) is 16.7. The van der Waals surface area contributed by atoms with Gasteiger partial charge in [-0.3, -0.25) is 19.3 Å². The lowest BCUT2D eigenvalue weighted by Crippen LogP contribution is -2.51. The summed E-state index contributed by atoms with van der Waals surface area (Å²) in [6.07, 6.45) is 4.42. The van der Waals surface area contributed by atoms with Crippen LogP contribution >= 0.6 is 12.4 Å². The maximum absolute atomic E-state index is 12.8. The minimum Gasteiger partial charge on any atom is -0.345 e. The van der Waals surface area contributed by atoms with Gasteiger partial charge in [0.15, 0.2) is 0 Å². The third-order valence-electron chi connectivity index (χ3n) is 6.03. The van der Waals surface area contributed by atoms with Gasteiger partial charge < -0.3 is 11.1 Å². The summed E-state index contributed by atoms with van der Waals surface area (Å²) in [4.78, 5) is 39.5. The molecule has 1 saturated carbocycles. The summed E-state index contributed by atoms with van der Waals surface area (Å²) < 4.78 is 0. The first-order valence-corrected chi connectivity index (χ1v) is 10.1. The highest BCUT2D eigenvalue weighted by Gasteiger charge is 2.37. The standard InChI is InChI=1S/C23H25N3O3.ClH/c24-15-23(11-4-5-12-23)25-20(27)17-8-9-18-19(14-17)22(29)26(21(18)28)13-10-16-6-2-1-3-7-16;/h1-3,6-9,14H,4-5,10-13,15,24H2,(H,25,27);1H. The fourth-order valence-corrected chi connectivity index (χ4v) is 4.27. The summed E-state index contributed by atoms with van der Waals surface area (Å²) in [6, 6.07) is 14.5. The molecule has 4 rings (SSSR count). The molecule has 1 heterocycles. The van der Waals surface area contributed by atoms with Gasteiger partial charge in [-0.1, -0.05) is 43.2 Å². The molecule has 0 radical (unpaired) electrons. The average Bonchev–Trinajstić information content (AvgIpc) is 3.31. The van der Waals surface area contributed by atoms with E-state index in [4.69, 9.17) is 5.73 Å². The van der Waals surface area contributed by atoms with Crippen molar-refractivity contribution in [1.82, 2.24) is 10.2 Å². The van der Waals surface area contributed by atoms with E-state index in [1.807, 2.05) is 30.3 Å². The predicted molar refractivity (Wildman–Crippen MR) is 117 cm³/mol. The van der Waals surface area contributed by atoms with Gasteiger partial charge in [0, 0.05) is 18.7 Å². The van der Waals surface area contributed by atoms with Crippen LogP contribution in [0.25, 0.3) is 0 Å². The quantitative estimate of drug-likeness (QED) is 0.693. The first-order valence-electron chi connectivity index (χ1n) is 10.1. The summed E-state index contributed by atoms with van der Waals surface area (Å²) in [5.74, 6) is -0.893. The second-order valence-electron chi connectivity index (χ2n) is 7.90. The van der Waals surface area contributed by atoms with E-state index < -0.39 is 0 Å². The number of nitrogens with zero attached hydrogens (tertiary/aromatic N) is 1. The number of nitrogens with one attached hydrogen (secondary N) is 1. The molecule has 158 valence electrons. The molecule has 2 aliphatic rings. The summed E-state index contributed by atoms with van der Waals surface area (Å²) in [5.41, 5.74) is 7.64. The van der Waals surface area contributed by atoms with Crippen LogP contribution in [0.3, 0.4) is 0 Å². The highest BCUT2D eigenvalue weighted by molar-refractivity contribution is 6.22. The Morgan fingerprint density at radius 1 is 1.00 bits per heavy atom. The van der Waals surface area contributed by atoms with Gasteiger partial charge in [-0.25, -0.2) is 0 Å². The van der Waals surface area contributed by atoms with Crippen molar-refractivity contribution in [3.05, 3.63) is 70.8 Å². The average molecular weight is 428 g/mol. The predicted octanol–water partition coefficient (Wildman–Crippen LogP) is 2.95. The van der Waals surface area contributed by atoms with E-state index in [2.05, 4.69) is 5.32 Å². The maximum Gasteiger partial charge on any atom is 0.261 e. The Labute approximate surface area is 182 Å². The Balaban J connectivity index is 0.00000256. The number of nitrogens with two attached hydrogens (primary N) is 1. The van der Waals surface area contributed by atoms with Gasteiger partial charge in [0.2, 0.25) is 0 Å². The third kappa shape index (κ3) is 4.11. The molecular weight excluding hydrogens is 402 g/mol. The molecule has 0 atom stereocenters. The van der Waals surface area contributed by atoms with Crippen LogP contribution in [-0.4, -0.2) is 41.2 Å². The minimum absolute atomic E-state index is 0. The van der Waals surface area contributed by atoms with Crippen molar-refractivity contribution >= 4 is 30.1 Å². The van der Waals surface area contributed by atoms with Gasteiger partial charge in [-0.05, 0) is 43.0 Å². The summed E-state index contributed by atoms with van der Waals surface area (Å²) in [6.45, 7) is 0.711. The van der Waals surface area contributed by atoms with E-state index in [-0.39, 0.29) is 35.7 Å². The van der Waals surface area contributed by atoms with Crippen molar-refractivity contribution in [2.45, 2.75) is 37.6 Å². The normalized spacial score (nSPS) is 16.9. The molecule has 1 aliphatic carbocycles. The molecule has 0 unspecified atom stereocenters. The van der Waals surface area contributed by atoms with Gasteiger partial charge in [-0.15, -0.1) is 12.4 Å². The van der Waals surface area contributed by atoms with Crippen LogP contribution in [0.1, 0.15) is 62.3 Å². The van der Waals surface area contributed by atoms with Crippen molar-refractivity contribution < 1.29 is 14.4 Å². The number of carbonyl (C=O) groups is 3. The highest BCUT2D eigenvalue weighted by Crippen LogP contribution is 2.30. The molecule has 3 amide bonds. The topological polar surface area (TPSA) is 92.5 Å². The SMILES string of the molecule is Cl.NCC1(NC(=O)c2ccc3c(c2)C(=O)N(CCc2ccccc2)C3=O)CCCC1. The molecule has 0 saturated heterocycles. The van der Waals surface area contributed by atoms with Crippen molar-refractivity contribution in [3.63, 3.8) is 0 Å². The second kappa shape index (κ2) is 8.98. The summed E-state index contributed by atoms with van der Waals surface area (Å²) in [7, 11) is 0. The molecule has 1 fully saturated rings. The van der Waals surface area contributed by atoms with Gasteiger partial charge in [0.25, 0.3) is 17.7 Å². The first-order chi connectivity index (χ1) is 14.0. The summed E-state index contributed by atoms with van der Waals surface area (Å²) >= 11 is 0. The van der Waals surface area contributed by atoms with E-state index in [0.29, 0.717) is 36.2 Å². The van der Waals surface area contributed by atoms with Crippen LogP contribution in [0.5, 0.6) is 0 Å². The van der Waals surface area contributed by atoms with Gasteiger partial charge in [-0.2, -0.15) is 0 Å². The van der Waals surface area contributed by atoms with E-state index >= 15 is 0 Å². The maximum atomic E-state index is 12.8. The third-order valence-corrected chi connectivity index (χ3v) is 6.03. The van der Waals surface area contributed by atoms with Gasteiger partial charge >= 0.3 is 0 Å². The van der Waals surface area contributed by atoms with E-state index in [0.717, 1.165) is 31.2 Å². The lowest BCUT2D eigenvalue weighted by atomic mass is 9.96. The molecule has 2 aromatic carbocycles. The second-order valence-corrected chi connectivity index (χ2v) is 7.90. The number of benzene rings is 2. The van der Waals surface area contributed by atoms with Crippen LogP contribution < -0.4 is 11.1 Å². The molecule has 1 aliphatic heterocycles. The zero-order valence-corrected chi connectivity index (χ0v) is 17.5. The Bertz CT molecular complexity index is 955. The molecule has 30 heavy (non-hydrogen) atoms. The van der Waals surface area contributed by atoms with Crippen LogP contribution in [0.4, 0.5) is 0 Å². The van der Waals surface area contributed by atoms with E-state index in [1.54, 1.807) is 12.1 Å². The molecule has 7 heteroatoms. The Morgan fingerprint density at radius 3 is 2.33 bits per heavy atom. The van der Waals surface area contributed by atoms with Crippen LogP contribution in [-0.2, 0) is 6.42 Å². The Morgan fingerprint density at radius 2 is 1.67 bits per heavy atom. The number of amides is 3. The Kier molecular flexibility index (Phi) is 6.58. The molecule has 0 bridgehead atoms. The lowest BCUT2D eigenvalue weighted by Gasteiger charge is -2.28. The monoisotopic (exact) mass is 427 g/mol. The number of hydrogen-bond donors (Lipinski definition) is 2. The van der Waals surface area contributed by atoms with E-state index in [9.17, 15) is 14.4 Å². The largest absolute Gasteiger partial charge is 0.345 e. The number of halogens is 1. The number of imide groups is 1. The van der Waals surface area contributed by atoms with Crippen LogP contribution in [0.2, 0.25) is 0 Å². The number of hydrogen-bond acceptors (Lipinski definition) is 4. The van der Waals surface area contributed by atoms with E-state index in [1.165, 1.54) is 11.0 Å². The van der Waals surface area contributed by atoms with Gasteiger partial charge in [0.1, 0.15) is 0 Å². The molecule has 3 N–H and O–H groups in total. The minimum atomic E-state index is -0.363. The molecule has 0 spiro atoms. The van der Waals surface area contributed by atoms with Gasteiger partial charge in [0.05, 0.1) is 16.7 Å². The number of rotatable bonds is 6. The van der Waals surface area contributed by atoms with Crippen molar-refractivity contribution in [3.8, 4) is 0 Å². The fourth-order valence-electron chi connectivity index (χ4n) is 4.27. The van der Waals surface area contributed by atoms with Crippen LogP contribution in [0, 0.1) is 0 Å². The fraction of sp³-hybridized carbons (Fsp3) is 0.348. The van der Waals surface area contributed by atoms with Crippen molar-refractivity contribution in [2.24, 2.45) is 5.73 Å². The van der Waals surface area contributed by atoms with Crippen molar-refractivity contribution in [2.75, 3.05) is 13.1 Å².